The maximum atomic E-state index is 10.8. The van der Waals surface area contributed by atoms with Gasteiger partial charge in [-0.25, -0.2) is 0 Å². The summed E-state index contributed by atoms with van der Waals surface area (Å²) < 4.78 is 5.43. The maximum Gasteiger partial charge on any atom is 0.267 e. The van der Waals surface area contributed by atoms with E-state index in [1.54, 1.807) is 12.3 Å². The van der Waals surface area contributed by atoms with Gasteiger partial charge in [0.05, 0.1) is 6.54 Å². The number of pyridine rings is 1. The minimum Gasteiger partial charge on any atom is -0.465 e. The minimum atomic E-state index is -0.513. The number of rotatable bonds is 5. The summed E-state index contributed by atoms with van der Waals surface area (Å²) in [7, 11) is 0. The van der Waals surface area contributed by atoms with Gasteiger partial charge in [0, 0.05) is 12.7 Å². The highest BCUT2D eigenvalue weighted by Crippen LogP contribution is 2.06. The van der Waals surface area contributed by atoms with Crippen molar-refractivity contribution >= 4 is 5.91 Å². The van der Waals surface area contributed by atoms with Crippen molar-refractivity contribution in [3.05, 3.63) is 53.2 Å². The van der Waals surface area contributed by atoms with Crippen LogP contribution in [0.1, 0.15) is 27.6 Å². The summed E-state index contributed by atoms with van der Waals surface area (Å²) in [6.07, 6.45) is 1.64. The number of aromatic nitrogens is 1. The van der Waals surface area contributed by atoms with Crippen molar-refractivity contribution in [2.75, 3.05) is 0 Å². The number of hydrogen-bond donors (Lipinski definition) is 2. The summed E-state index contributed by atoms with van der Waals surface area (Å²) in [5.74, 6) is 1.29. The van der Waals surface area contributed by atoms with Crippen molar-refractivity contribution < 1.29 is 9.21 Å². The predicted octanol–water partition coefficient (Wildman–Crippen LogP) is 1.37. The van der Waals surface area contributed by atoms with Crippen molar-refractivity contribution in [2.24, 2.45) is 5.73 Å². The van der Waals surface area contributed by atoms with E-state index in [0.717, 1.165) is 17.1 Å². The molecular formula is C13H15N3O2. The number of primary amides is 1. The Kier molecular flexibility index (Phi) is 3.74. The van der Waals surface area contributed by atoms with Gasteiger partial charge in [-0.1, -0.05) is 6.07 Å². The van der Waals surface area contributed by atoms with Crippen LogP contribution in [0.25, 0.3) is 0 Å². The average molecular weight is 245 g/mol. The lowest BCUT2D eigenvalue weighted by Crippen LogP contribution is -2.15. The van der Waals surface area contributed by atoms with E-state index in [2.05, 4.69) is 10.3 Å². The van der Waals surface area contributed by atoms with E-state index in [4.69, 9.17) is 10.2 Å². The van der Waals surface area contributed by atoms with E-state index < -0.39 is 5.91 Å². The molecule has 2 heterocycles. The highest BCUT2D eigenvalue weighted by Gasteiger charge is 2.02. The summed E-state index contributed by atoms with van der Waals surface area (Å²) in [4.78, 5) is 14.8. The molecule has 0 spiro atoms. The number of carbonyl (C=O) groups is 1. The third kappa shape index (κ3) is 3.18. The van der Waals surface area contributed by atoms with Crippen LogP contribution in [-0.2, 0) is 13.1 Å². The average Bonchev–Trinajstić information content (AvgIpc) is 2.76. The SMILES string of the molecule is Cc1ccc(CNCc2ccc(C(N)=O)nc2)o1. The van der Waals surface area contributed by atoms with E-state index in [9.17, 15) is 4.79 Å². The summed E-state index contributed by atoms with van der Waals surface area (Å²) in [5.41, 5.74) is 6.38. The second kappa shape index (κ2) is 5.46. The lowest BCUT2D eigenvalue weighted by atomic mass is 10.2. The number of carbonyl (C=O) groups excluding carboxylic acids is 1. The Bertz CT molecular complexity index is 531. The van der Waals surface area contributed by atoms with Gasteiger partial charge >= 0.3 is 0 Å². The summed E-state index contributed by atoms with van der Waals surface area (Å²) in [6.45, 7) is 3.23. The molecule has 0 aliphatic rings. The Labute approximate surface area is 105 Å². The van der Waals surface area contributed by atoms with Gasteiger partial charge in [-0.15, -0.1) is 0 Å². The molecule has 0 fully saturated rings. The van der Waals surface area contributed by atoms with Crippen LogP contribution in [0.2, 0.25) is 0 Å². The fourth-order valence-electron chi connectivity index (χ4n) is 1.58. The Morgan fingerprint density at radius 3 is 2.72 bits per heavy atom. The van der Waals surface area contributed by atoms with Gasteiger partial charge in [-0.3, -0.25) is 9.78 Å². The second-order valence-corrected chi connectivity index (χ2v) is 4.03. The molecule has 0 aliphatic carbocycles. The maximum absolute atomic E-state index is 10.8. The zero-order valence-corrected chi connectivity index (χ0v) is 10.1. The van der Waals surface area contributed by atoms with E-state index in [1.807, 2.05) is 25.1 Å². The van der Waals surface area contributed by atoms with Crippen molar-refractivity contribution in [1.29, 1.82) is 0 Å². The van der Waals surface area contributed by atoms with Crippen LogP contribution in [0.5, 0.6) is 0 Å². The number of amides is 1. The zero-order chi connectivity index (χ0) is 13.0. The van der Waals surface area contributed by atoms with E-state index >= 15 is 0 Å². The molecule has 0 bridgehead atoms. The number of nitrogens with one attached hydrogen (secondary N) is 1. The molecule has 3 N–H and O–H groups in total. The molecule has 0 saturated heterocycles. The van der Waals surface area contributed by atoms with Crippen LogP contribution in [0.3, 0.4) is 0 Å². The molecule has 18 heavy (non-hydrogen) atoms. The van der Waals surface area contributed by atoms with Crippen LogP contribution in [0, 0.1) is 6.92 Å². The number of furan rings is 1. The van der Waals surface area contributed by atoms with Gasteiger partial charge in [0.2, 0.25) is 0 Å². The number of nitrogens with two attached hydrogens (primary N) is 1. The van der Waals surface area contributed by atoms with Crippen molar-refractivity contribution in [2.45, 2.75) is 20.0 Å². The van der Waals surface area contributed by atoms with E-state index in [0.29, 0.717) is 13.1 Å². The van der Waals surface area contributed by atoms with Gasteiger partial charge in [-0.2, -0.15) is 0 Å². The Morgan fingerprint density at radius 2 is 2.17 bits per heavy atom. The lowest BCUT2D eigenvalue weighted by molar-refractivity contribution is 0.0995. The standard InChI is InChI=1S/C13H15N3O2/c1-9-2-4-11(18-9)8-15-6-10-3-5-12(13(14)17)16-7-10/h2-5,7,15H,6,8H2,1H3,(H2,14,17). The smallest absolute Gasteiger partial charge is 0.267 e. The number of aryl methyl sites for hydroxylation is 1. The molecule has 2 aromatic rings. The van der Waals surface area contributed by atoms with E-state index in [-0.39, 0.29) is 5.69 Å². The molecule has 0 unspecified atom stereocenters. The Morgan fingerprint density at radius 1 is 1.33 bits per heavy atom. The fourth-order valence-corrected chi connectivity index (χ4v) is 1.58. The molecular weight excluding hydrogens is 230 g/mol. The van der Waals surface area contributed by atoms with Gasteiger partial charge in [0.1, 0.15) is 17.2 Å². The van der Waals surface area contributed by atoms with E-state index in [1.165, 1.54) is 0 Å². The third-order valence-electron chi connectivity index (χ3n) is 2.50. The number of nitrogens with zero attached hydrogens (tertiary/aromatic N) is 1. The summed E-state index contributed by atoms with van der Waals surface area (Å²) in [6, 6.07) is 7.32. The van der Waals surface area contributed by atoms with Crippen LogP contribution >= 0.6 is 0 Å². The van der Waals surface area contributed by atoms with Crippen molar-refractivity contribution in [1.82, 2.24) is 10.3 Å². The minimum absolute atomic E-state index is 0.278. The highest BCUT2D eigenvalue weighted by atomic mass is 16.3. The molecule has 0 radical (unpaired) electrons. The molecule has 0 saturated carbocycles. The molecule has 0 atom stereocenters. The summed E-state index contributed by atoms with van der Waals surface area (Å²) in [5, 5.41) is 3.23. The normalized spacial score (nSPS) is 10.5. The first-order chi connectivity index (χ1) is 8.65. The van der Waals surface area contributed by atoms with Gasteiger partial charge < -0.3 is 15.5 Å². The lowest BCUT2D eigenvalue weighted by Gasteiger charge is -2.03. The Hall–Kier alpha value is -2.14. The molecule has 1 amide bonds. The largest absolute Gasteiger partial charge is 0.465 e. The monoisotopic (exact) mass is 245 g/mol. The quantitative estimate of drug-likeness (QED) is 0.833. The molecule has 5 nitrogen and oxygen atoms in total. The summed E-state index contributed by atoms with van der Waals surface area (Å²) >= 11 is 0. The van der Waals surface area contributed by atoms with Crippen molar-refractivity contribution in [3.63, 3.8) is 0 Å². The van der Waals surface area contributed by atoms with Crippen LogP contribution in [0.15, 0.2) is 34.9 Å². The second-order valence-electron chi connectivity index (χ2n) is 4.03. The van der Waals surface area contributed by atoms with Crippen LogP contribution < -0.4 is 11.1 Å². The Balaban J connectivity index is 1.85. The highest BCUT2D eigenvalue weighted by molar-refractivity contribution is 5.90. The zero-order valence-electron chi connectivity index (χ0n) is 10.1. The van der Waals surface area contributed by atoms with Crippen LogP contribution in [-0.4, -0.2) is 10.9 Å². The first-order valence-electron chi connectivity index (χ1n) is 5.66. The molecule has 0 aliphatic heterocycles. The topological polar surface area (TPSA) is 81.1 Å². The first kappa shape index (κ1) is 12.3. The molecule has 2 aromatic heterocycles. The van der Waals surface area contributed by atoms with Crippen molar-refractivity contribution in [3.8, 4) is 0 Å². The first-order valence-corrected chi connectivity index (χ1v) is 5.66. The molecule has 0 aromatic carbocycles. The van der Waals surface area contributed by atoms with Gasteiger partial charge in [0.25, 0.3) is 5.91 Å². The molecule has 2 rings (SSSR count). The third-order valence-corrected chi connectivity index (χ3v) is 2.50. The van der Waals surface area contributed by atoms with Gasteiger partial charge in [0.15, 0.2) is 0 Å². The number of hydrogen-bond acceptors (Lipinski definition) is 4. The predicted molar refractivity (Wildman–Crippen MR) is 66.7 cm³/mol. The molecule has 5 heteroatoms. The molecule has 94 valence electrons. The van der Waals surface area contributed by atoms with Crippen LogP contribution in [0.4, 0.5) is 0 Å². The van der Waals surface area contributed by atoms with Gasteiger partial charge in [-0.05, 0) is 30.7 Å². The fraction of sp³-hybridized carbons (Fsp3) is 0.231.